The van der Waals surface area contributed by atoms with Gasteiger partial charge in [-0.25, -0.2) is 0 Å². The highest BCUT2D eigenvalue weighted by Gasteiger charge is 2.36. The zero-order valence-electron chi connectivity index (χ0n) is 19.7. The lowest BCUT2D eigenvalue weighted by Crippen LogP contribution is -2.37. The van der Waals surface area contributed by atoms with E-state index in [4.69, 9.17) is 0 Å². The fourth-order valence-corrected chi connectivity index (χ4v) is 5.68. The number of amides is 3. The molecule has 2 aromatic heterocycles. The number of para-hydroxylation sites is 2. The molecule has 0 bridgehead atoms. The first kappa shape index (κ1) is 21.4. The third-order valence-electron chi connectivity index (χ3n) is 7.41. The maximum atomic E-state index is 13.2. The van der Waals surface area contributed by atoms with Crippen LogP contribution in [0.1, 0.15) is 36.9 Å². The minimum Gasteiger partial charge on any atom is -0.350 e. The van der Waals surface area contributed by atoms with Gasteiger partial charge in [0.15, 0.2) is 0 Å². The van der Waals surface area contributed by atoms with Gasteiger partial charge < -0.3 is 14.0 Å². The van der Waals surface area contributed by atoms with Crippen LogP contribution in [0.5, 0.6) is 0 Å². The van der Waals surface area contributed by atoms with Crippen molar-refractivity contribution in [1.82, 2.24) is 19.4 Å². The van der Waals surface area contributed by atoms with Gasteiger partial charge in [0.25, 0.3) is 11.8 Å². The molecular weight excluding hydrogens is 440 g/mol. The van der Waals surface area contributed by atoms with Crippen molar-refractivity contribution in [2.24, 2.45) is 7.05 Å². The Morgan fingerprint density at radius 1 is 0.829 bits per heavy atom. The Hall–Kier alpha value is -4.13. The Kier molecular flexibility index (Phi) is 4.88. The summed E-state index contributed by atoms with van der Waals surface area (Å²) in [4.78, 5) is 40.0. The monoisotopic (exact) mass is 466 g/mol. The summed E-state index contributed by atoms with van der Waals surface area (Å²) in [6, 6.07) is 16.1. The Labute approximate surface area is 202 Å². The molecule has 4 aromatic rings. The van der Waals surface area contributed by atoms with Gasteiger partial charge in [-0.15, -0.1) is 0 Å². The molecule has 0 spiro atoms. The van der Waals surface area contributed by atoms with Crippen LogP contribution in [0.25, 0.3) is 33.0 Å². The van der Waals surface area contributed by atoms with E-state index in [1.165, 1.54) is 0 Å². The molecule has 176 valence electrons. The average Bonchev–Trinajstić information content (AvgIpc) is 3.50. The van der Waals surface area contributed by atoms with Gasteiger partial charge in [0.05, 0.1) is 11.1 Å². The fraction of sp³-hybridized carbons (Fsp3) is 0.250. The predicted octanol–water partition coefficient (Wildman–Crippen LogP) is 3.88. The zero-order valence-corrected chi connectivity index (χ0v) is 19.7. The number of nitrogens with zero attached hydrogens (tertiary/aromatic N) is 3. The molecule has 0 radical (unpaired) electrons. The van der Waals surface area contributed by atoms with Crippen molar-refractivity contribution in [3.8, 4) is 0 Å². The molecule has 2 aliphatic heterocycles. The molecule has 1 fully saturated rings. The first-order chi connectivity index (χ1) is 16.9. The van der Waals surface area contributed by atoms with Crippen molar-refractivity contribution in [1.29, 1.82) is 0 Å². The first-order valence-corrected chi connectivity index (χ1v) is 11.9. The Morgan fingerprint density at radius 3 is 2.00 bits per heavy atom. The number of likely N-dealkylation sites (tertiary alicyclic amines) is 1. The van der Waals surface area contributed by atoms with Crippen molar-refractivity contribution < 1.29 is 14.4 Å². The minimum absolute atomic E-state index is 0.104. The van der Waals surface area contributed by atoms with E-state index in [9.17, 15) is 14.4 Å². The second kappa shape index (κ2) is 7.98. The summed E-state index contributed by atoms with van der Waals surface area (Å²) in [7, 11) is 1.94. The number of aromatic nitrogens is 2. The molecular formula is C28H26N4O3. The highest BCUT2D eigenvalue weighted by atomic mass is 16.2. The highest BCUT2D eigenvalue weighted by molar-refractivity contribution is 6.50. The number of fused-ring (bicyclic) bond motifs is 2. The van der Waals surface area contributed by atoms with Crippen LogP contribution >= 0.6 is 0 Å². The van der Waals surface area contributed by atoms with E-state index in [0.29, 0.717) is 24.2 Å². The van der Waals surface area contributed by atoms with E-state index in [1.807, 2.05) is 71.4 Å². The van der Waals surface area contributed by atoms with Gasteiger partial charge in [0.1, 0.15) is 0 Å². The van der Waals surface area contributed by atoms with Crippen LogP contribution in [0.3, 0.4) is 0 Å². The summed E-state index contributed by atoms with van der Waals surface area (Å²) in [5, 5.41) is 4.43. The van der Waals surface area contributed by atoms with E-state index in [2.05, 4.69) is 16.0 Å². The number of carbonyl (C=O) groups excluding carboxylic acids is 3. The van der Waals surface area contributed by atoms with Crippen LogP contribution in [-0.2, 0) is 21.4 Å². The van der Waals surface area contributed by atoms with Gasteiger partial charge in [0.2, 0.25) is 5.91 Å². The van der Waals surface area contributed by atoms with Crippen molar-refractivity contribution in [3.63, 3.8) is 0 Å². The van der Waals surface area contributed by atoms with Crippen LogP contribution in [0, 0.1) is 0 Å². The first-order valence-electron chi connectivity index (χ1n) is 11.9. The lowest BCUT2D eigenvalue weighted by atomic mass is 9.95. The van der Waals surface area contributed by atoms with Gasteiger partial charge in [-0.05, 0) is 25.0 Å². The highest BCUT2D eigenvalue weighted by Crippen LogP contribution is 2.40. The molecule has 1 N–H and O–H groups in total. The van der Waals surface area contributed by atoms with Gasteiger partial charge in [-0.1, -0.05) is 36.4 Å². The number of hydrogen-bond acceptors (Lipinski definition) is 3. The van der Waals surface area contributed by atoms with Crippen LogP contribution < -0.4 is 5.32 Å². The van der Waals surface area contributed by atoms with Gasteiger partial charge in [0, 0.05) is 78.4 Å². The molecule has 35 heavy (non-hydrogen) atoms. The molecule has 7 nitrogen and oxygen atoms in total. The molecule has 2 aromatic carbocycles. The van der Waals surface area contributed by atoms with Crippen molar-refractivity contribution in [2.75, 3.05) is 13.1 Å². The number of piperidine rings is 1. The van der Waals surface area contributed by atoms with Gasteiger partial charge in [-0.2, -0.15) is 0 Å². The molecule has 0 unspecified atom stereocenters. The van der Waals surface area contributed by atoms with E-state index in [-0.39, 0.29) is 23.8 Å². The van der Waals surface area contributed by atoms with E-state index >= 15 is 0 Å². The van der Waals surface area contributed by atoms with Gasteiger partial charge in [-0.3, -0.25) is 19.7 Å². The molecule has 3 amide bonds. The molecule has 0 atom stereocenters. The average molecular weight is 467 g/mol. The second-order valence-electron chi connectivity index (χ2n) is 9.41. The predicted molar refractivity (Wildman–Crippen MR) is 135 cm³/mol. The van der Waals surface area contributed by atoms with Crippen molar-refractivity contribution in [3.05, 3.63) is 72.1 Å². The van der Waals surface area contributed by atoms with Crippen LogP contribution in [-0.4, -0.2) is 44.8 Å². The summed E-state index contributed by atoms with van der Waals surface area (Å²) in [5.74, 6) is -0.632. The van der Waals surface area contributed by atoms with E-state index < -0.39 is 0 Å². The van der Waals surface area contributed by atoms with Gasteiger partial charge >= 0.3 is 0 Å². The summed E-state index contributed by atoms with van der Waals surface area (Å²) >= 11 is 0. The fourth-order valence-electron chi connectivity index (χ4n) is 5.68. The molecule has 1 saturated heterocycles. The maximum Gasteiger partial charge on any atom is 0.259 e. The minimum atomic E-state index is -0.368. The Morgan fingerprint density at radius 2 is 1.37 bits per heavy atom. The molecule has 2 aliphatic rings. The summed E-state index contributed by atoms with van der Waals surface area (Å²) < 4.78 is 4.21. The number of hydrogen-bond donors (Lipinski definition) is 1. The number of imide groups is 1. The Balaban J connectivity index is 1.54. The standard InChI is InChI=1S/C28H26N4O3/c1-17(33)31-13-11-18(12-14-31)32-16-22(20-8-4-6-10-24(20)32)26-25(27(34)29-28(26)35)21-15-30(2)23-9-5-3-7-19(21)23/h3-10,15-16,18H,11-14H2,1-2H3,(H,29,34,35). The second-order valence-corrected chi connectivity index (χ2v) is 9.41. The molecule has 7 heteroatoms. The topological polar surface area (TPSA) is 76.3 Å². The molecule has 6 rings (SSSR count). The normalized spacial score (nSPS) is 17.1. The number of nitrogens with one attached hydrogen (secondary N) is 1. The SMILES string of the molecule is CC(=O)N1CCC(n2cc(C3=C(c4cn(C)c5ccccc45)C(=O)NC3=O)c3ccccc32)CC1. The molecule has 4 heterocycles. The van der Waals surface area contributed by atoms with Crippen molar-refractivity contribution in [2.45, 2.75) is 25.8 Å². The summed E-state index contributed by atoms with van der Waals surface area (Å²) in [5.41, 5.74) is 4.39. The van der Waals surface area contributed by atoms with Crippen LogP contribution in [0.15, 0.2) is 60.9 Å². The lowest BCUT2D eigenvalue weighted by Gasteiger charge is -2.32. The largest absolute Gasteiger partial charge is 0.350 e. The summed E-state index contributed by atoms with van der Waals surface area (Å²) in [6.45, 7) is 3.04. The maximum absolute atomic E-state index is 13.2. The number of benzene rings is 2. The van der Waals surface area contributed by atoms with E-state index in [0.717, 1.165) is 45.8 Å². The van der Waals surface area contributed by atoms with Crippen molar-refractivity contribution >= 4 is 50.7 Å². The number of rotatable bonds is 3. The third kappa shape index (κ3) is 3.30. The smallest absolute Gasteiger partial charge is 0.259 e. The molecule has 0 saturated carbocycles. The summed E-state index contributed by atoms with van der Waals surface area (Å²) in [6.07, 6.45) is 5.64. The lowest BCUT2D eigenvalue weighted by molar-refractivity contribution is -0.130. The molecule has 0 aliphatic carbocycles. The number of carbonyl (C=O) groups is 3. The van der Waals surface area contributed by atoms with E-state index in [1.54, 1.807) is 6.92 Å². The zero-order chi connectivity index (χ0) is 24.3. The Bertz CT molecular complexity index is 1560. The third-order valence-corrected chi connectivity index (χ3v) is 7.41. The van der Waals surface area contributed by atoms with Crippen LogP contribution in [0.4, 0.5) is 0 Å². The number of aryl methyl sites for hydroxylation is 1. The van der Waals surface area contributed by atoms with Crippen LogP contribution in [0.2, 0.25) is 0 Å². The quantitative estimate of drug-likeness (QED) is 0.466.